The van der Waals surface area contributed by atoms with Gasteiger partial charge in [0.15, 0.2) is 5.82 Å². The van der Waals surface area contributed by atoms with Gasteiger partial charge in [-0.3, -0.25) is 9.59 Å². The van der Waals surface area contributed by atoms with Gasteiger partial charge in [-0.15, -0.1) is 0 Å². The summed E-state index contributed by atoms with van der Waals surface area (Å²) in [7, 11) is 0. The number of rotatable bonds is 6. The lowest BCUT2D eigenvalue weighted by atomic mass is 10.2. The summed E-state index contributed by atoms with van der Waals surface area (Å²) in [5, 5.41) is 16.5. The van der Waals surface area contributed by atoms with Crippen LogP contribution in [0.25, 0.3) is 11.7 Å². The zero-order chi connectivity index (χ0) is 22.4. The van der Waals surface area contributed by atoms with Crippen LogP contribution in [-0.2, 0) is 16.1 Å². The molecule has 11 heteroatoms. The molecular formula is C21H27N6O5+. The number of hydrogen-bond donors (Lipinski definition) is 4. The molecule has 2 aromatic heterocycles. The summed E-state index contributed by atoms with van der Waals surface area (Å²) in [5.41, 5.74) is 5.90. The number of carbonyl (C=O) groups is 2. The minimum atomic E-state index is -0.687. The number of aromatic hydroxyl groups is 1. The van der Waals surface area contributed by atoms with Crippen molar-refractivity contribution >= 4 is 29.4 Å². The van der Waals surface area contributed by atoms with Crippen LogP contribution in [0, 0.1) is 5.92 Å². The van der Waals surface area contributed by atoms with E-state index in [1.807, 2.05) is 0 Å². The van der Waals surface area contributed by atoms with Gasteiger partial charge >= 0.3 is 17.1 Å². The standard InChI is InChI=1S/C21H26N6O5/c22-17-14(5-6-15(28)25-7-9-32-10-8-25)19-26(11-12-1-2-12)20(30)16(21(31)27(19)24-17)18(29)23-13-3-4-13/h5-6,12-13H,1-4,7-11H2,(H4,22,23,24,29,30,31)/p+1/b6-5+. The number of hydrogen-bond acceptors (Lipinski definition) is 6. The molecule has 2 saturated carbocycles. The summed E-state index contributed by atoms with van der Waals surface area (Å²) in [6, 6.07) is 0.0392. The largest absolute Gasteiger partial charge is 0.477 e. The van der Waals surface area contributed by atoms with Crippen LogP contribution in [0.4, 0.5) is 5.82 Å². The number of aromatic nitrogens is 3. The van der Waals surface area contributed by atoms with Gasteiger partial charge in [0.1, 0.15) is 5.56 Å². The average Bonchev–Trinajstić information content (AvgIpc) is 3.71. The Morgan fingerprint density at radius 2 is 1.97 bits per heavy atom. The number of morpholine rings is 1. The van der Waals surface area contributed by atoms with E-state index < -0.39 is 11.5 Å². The molecule has 11 nitrogen and oxygen atoms in total. The van der Waals surface area contributed by atoms with Crippen molar-refractivity contribution in [2.75, 3.05) is 32.0 Å². The van der Waals surface area contributed by atoms with E-state index in [4.69, 9.17) is 10.5 Å². The zero-order valence-corrected chi connectivity index (χ0v) is 17.7. The van der Waals surface area contributed by atoms with Crippen LogP contribution < -0.4 is 21.2 Å². The fourth-order valence-corrected chi connectivity index (χ4v) is 3.95. The SMILES string of the molecule is Nc1[nH]n2c(=O)c(C(=O)NC3CC3)c(O)[n+](CC3CC3)c2c1/C=C/C(=O)N1CCOCC1. The topological polar surface area (TPSA) is 146 Å². The van der Waals surface area contributed by atoms with Gasteiger partial charge < -0.3 is 25.8 Å². The second kappa shape index (κ2) is 7.97. The lowest BCUT2D eigenvalue weighted by Crippen LogP contribution is -2.45. The van der Waals surface area contributed by atoms with E-state index in [1.54, 1.807) is 15.5 Å². The van der Waals surface area contributed by atoms with Gasteiger partial charge in [0.2, 0.25) is 11.5 Å². The van der Waals surface area contributed by atoms with Crippen molar-refractivity contribution in [3.8, 4) is 5.88 Å². The van der Waals surface area contributed by atoms with E-state index in [-0.39, 0.29) is 29.2 Å². The second-order valence-corrected chi connectivity index (χ2v) is 8.67. The van der Waals surface area contributed by atoms with Crippen molar-refractivity contribution in [1.82, 2.24) is 19.8 Å². The number of carbonyl (C=O) groups excluding carboxylic acids is 2. The van der Waals surface area contributed by atoms with Crippen molar-refractivity contribution in [3.63, 3.8) is 0 Å². The van der Waals surface area contributed by atoms with Gasteiger partial charge in [0.25, 0.3) is 5.91 Å². The van der Waals surface area contributed by atoms with Crippen LogP contribution >= 0.6 is 0 Å². The quantitative estimate of drug-likeness (QED) is 0.346. The van der Waals surface area contributed by atoms with Gasteiger partial charge in [-0.05, 0) is 37.7 Å². The maximum atomic E-state index is 13.1. The van der Waals surface area contributed by atoms with Gasteiger partial charge in [-0.1, -0.05) is 4.52 Å². The molecule has 0 bridgehead atoms. The summed E-state index contributed by atoms with van der Waals surface area (Å²) in [6.45, 7) is 2.44. The minimum absolute atomic E-state index is 0.0392. The molecule has 1 aliphatic heterocycles. The number of nitrogens with two attached hydrogens (primary N) is 1. The molecule has 0 aromatic carbocycles. The van der Waals surface area contributed by atoms with Gasteiger partial charge in [0, 0.05) is 25.2 Å². The number of H-pyrrole nitrogens is 1. The van der Waals surface area contributed by atoms with Gasteiger partial charge in [0.05, 0.1) is 19.8 Å². The van der Waals surface area contributed by atoms with E-state index in [9.17, 15) is 19.5 Å². The first-order valence-corrected chi connectivity index (χ1v) is 11.0. The van der Waals surface area contributed by atoms with Crippen molar-refractivity contribution in [2.24, 2.45) is 5.92 Å². The van der Waals surface area contributed by atoms with Crippen LogP contribution in [0.3, 0.4) is 0 Å². The molecule has 0 unspecified atom stereocenters. The molecule has 0 radical (unpaired) electrons. The fraction of sp³-hybridized carbons (Fsp3) is 0.524. The van der Waals surface area contributed by atoms with E-state index in [2.05, 4.69) is 10.4 Å². The van der Waals surface area contributed by atoms with E-state index >= 15 is 0 Å². The molecule has 3 heterocycles. The Morgan fingerprint density at radius 1 is 1.25 bits per heavy atom. The van der Waals surface area contributed by atoms with Crippen LogP contribution in [0.2, 0.25) is 0 Å². The number of fused-ring (bicyclic) bond motifs is 1. The number of anilines is 1. The third kappa shape index (κ3) is 3.83. The Hall–Kier alpha value is -3.34. The predicted octanol–water partition coefficient (Wildman–Crippen LogP) is -0.623. The zero-order valence-electron chi connectivity index (χ0n) is 17.7. The Labute approximate surface area is 183 Å². The first kappa shape index (κ1) is 20.6. The molecule has 1 saturated heterocycles. The highest BCUT2D eigenvalue weighted by Gasteiger charge is 2.37. The maximum absolute atomic E-state index is 13.1. The lowest BCUT2D eigenvalue weighted by molar-refractivity contribution is -0.684. The molecule has 2 aromatic rings. The molecule has 32 heavy (non-hydrogen) atoms. The summed E-state index contributed by atoms with van der Waals surface area (Å²) in [5.74, 6) is -0.658. The number of ether oxygens (including phenoxy) is 1. The first-order valence-electron chi connectivity index (χ1n) is 11.0. The highest BCUT2D eigenvalue weighted by Crippen LogP contribution is 2.30. The predicted molar refractivity (Wildman–Crippen MR) is 114 cm³/mol. The number of nitrogens with zero attached hydrogens (tertiary/aromatic N) is 3. The maximum Gasteiger partial charge on any atom is 0.378 e. The lowest BCUT2D eigenvalue weighted by Gasteiger charge is -2.25. The Bertz CT molecular complexity index is 1170. The molecule has 5 rings (SSSR count). The Kier molecular flexibility index (Phi) is 5.12. The van der Waals surface area contributed by atoms with Crippen molar-refractivity contribution in [1.29, 1.82) is 0 Å². The monoisotopic (exact) mass is 443 g/mol. The number of aromatic amines is 1. The molecule has 5 N–H and O–H groups in total. The van der Waals surface area contributed by atoms with Crippen molar-refractivity contribution in [3.05, 3.63) is 27.6 Å². The number of amides is 2. The molecule has 0 atom stereocenters. The van der Waals surface area contributed by atoms with Gasteiger partial charge in [-0.25, -0.2) is 9.89 Å². The summed E-state index contributed by atoms with van der Waals surface area (Å²) < 4.78 is 8.00. The van der Waals surface area contributed by atoms with E-state index in [1.165, 1.54) is 10.6 Å². The number of nitrogens with one attached hydrogen (secondary N) is 2. The van der Waals surface area contributed by atoms with Gasteiger partial charge in [-0.2, -0.15) is 4.57 Å². The molecule has 170 valence electrons. The molecular weight excluding hydrogens is 416 g/mol. The van der Waals surface area contributed by atoms with Crippen molar-refractivity contribution in [2.45, 2.75) is 38.3 Å². The third-order valence-corrected chi connectivity index (χ3v) is 6.12. The highest BCUT2D eigenvalue weighted by molar-refractivity contribution is 5.96. The Balaban J connectivity index is 1.58. The molecule has 2 amide bonds. The molecule has 3 aliphatic rings. The second-order valence-electron chi connectivity index (χ2n) is 8.67. The summed E-state index contributed by atoms with van der Waals surface area (Å²) in [4.78, 5) is 40.1. The van der Waals surface area contributed by atoms with Crippen molar-refractivity contribution < 1.29 is 24.0 Å². The number of nitrogen functional groups attached to an aromatic ring is 1. The third-order valence-electron chi connectivity index (χ3n) is 6.12. The van der Waals surface area contributed by atoms with Crippen LogP contribution in [0.15, 0.2) is 10.9 Å². The summed E-state index contributed by atoms with van der Waals surface area (Å²) >= 11 is 0. The van der Waals surface area contributed by atoms with Crippen LogP contribution in [-0.4, -0.2) is 63.8 Å². The first-order chi connectivity index (χ1) is 15.4. The average molecular weight is 443 g/mol. The van der Waals surface area contributed by atoms with E-state index in [0.717, 1.165) is 25.7 Å². The van der Waals surface area contributed by atoms with E-state index in [0.29, 0.717) is 50.0 Å². The fourth-order valence-electron chi connectivity index (χ4n) is 3.95. The summed E-state index contributed by atoms with van der Waals surface area (Å²) in [6.07, 6.45) is 6.68. The molecule has 0 spiro atoms. The molecule has 2 aliphatic carbocycles. The normalized spacial score (nSPS) is 19.1. The highest BCUT2D eigenvalue weighted by atomic mass is 16.5. The molecule has 3 fully saturated rings. The van der Waals surface area contributed by atoms with Crippen LogP contribution in [0.1, 0.15) is 41.6 Å². The smallest absolute Gasteiger partial charge is 0.378 e. The minimum Gasteiger partial charge on any atom is -0.477 e. The van der Waals surface area contributed by atoms with Crippen LogP contribution in [0.5, 0.6) is 5.88 Å². The Morgan fingerprint density at radius 3 is 2.62 bits per heavy atom.